The van der Waals surface area contributed by atoms with Crippen molar-refractivity contribution in [3.05, 3.63) is 95.1 Å². The van der Waals surface area contributed by atoms with E-state index in [1.165, 1.54) is 11.1 Å². The van der Waals surface area contributed by atoms with Gasteiger partial charge in [0.1, 0.15) is 0 Å². The van der Waals surface area contributed by atoms with Crippen LogP contribution in [0.1, 0.15) is 22.3 Å². The highest BCUT2D eigenvalue weighted by molar-refractivity contribution is 6.34. The van der Waals surface area contributed by atoms with Crippen LogP contribution in [0.5, 0.6) is 0 Å². The summed E-state index contributed by atoms with van der Waals surface area (Å²) in [5, 5.41) is 0. The van der Waals surface area contributed by atoms with Gasteiger partial charge >= 0.3 is 0 Å². The number of hydrazone groups is 1. The molecule has 0 atom stereocenters. The molecule has 0 fully saturated rings. The normalized spacial score (nSPS) is 11.7. The van der Waals surface area contributed by atoms with Crippen molar-refractivity contribution in [3.63, 3.8) is 0 Å². The second kappa shape index (κ2) is 7.79. The molecule has 0 aromatic heterocycles. The molecule has 3 aromatic carbocycles. The topological polar surface area (TPSA) is 32.1 Å². The lowest BCUT2D eigenvalue weighted by atomic mass is 10.1. The number of benzene rings is 3. The predicted octanol–water partition coefficient (Wildman–Crippen LogP) is 4.97. The molecule has 0 amide bonds. The summed E-state index contributed by atoms with van der Waals surface area (Å²) >= 11 is 0. The lowest BCUT2D eigenvalue weighted by Crippen LogP contribution is -2.25. The monoisotopic (exact) mass is 343 g/mol. The van der Waals surface area contributed by atoms with Crippen molar-refractivity contribution in [1.29, 1.82) is 0 Å². The Morgan fingerprint density at radius 1 is 0.731 bits per heavy atom. The third-order valence-corrected chi connectivity index (χ3v) is 4.28. The van der Waals surface area contributed by atoms with Gasteiger partial charge in [-0.1, -0.05) is 57.8 Å². The Labute approximate surface area is 154 Å². The van der Waals surface area contributed by atoms with Crippen LogP contribution in [0.2, 0.25) is 0 Å². The van der Waals surface area contributed by atoms with E-state index in [1.54, 1.807) is 0 Å². The van der Waals surface area contributed by atoms with Gasteiger partial charge in [-0.3, -0.25) is 4.79 Å². The minimum absolute atomic E-state index is 0.564. The maximum Gasteiger partial charge on any atom is 0.282 e. The van der Waals surface area contributed by atoms with Crippen LogP contribution in [-0.2, 0) is 4.79 Å². The minimum atomic E-state index is 0.564. The van der Waals surface area contributed by atoms with Crippen LogP contribution >= 0.6 is 0 Å². The largest absolute Gasteiger partial charge is 0.291 e. The van der Waals surface area contributed by atoms with Gasteiger partial charge in [-0.15, -0.1) is 0 Å². The average molecular weight is 343 g/mol. The Morgan fingerprint density at radius 3 is 1.69 bits per heavy atom. The van der Waals surface area contributed by atoms with Gasteiger partial charge in [-0.2, -0.15) is 5.43 Å². The zero-order valence-electron chi connectivity index (χ0n) is 15.4. The average Bonchev–Trinajstić information content (AvgIpc) is 2.65. The maximum atomic E-state index is 12.0. The van der Waals surface area contributed by atoms with Gasteiger partial charge in [0, 0.05) is 12.1 Å². The van der Waals surface area contributed by atoms with Gasteiger partial charge in [0.25, 0.3) is 5.71 Å². The predicted molar refractivity (Wildman–Crippen MR) is 107 cm³/mol. The number of hydrogen-bond donors (Lipinski definition) is 1. The Bertz CT molecular complexity index is 921. The van der Waals surface area contributed by atoms with Crippen molar-refractivity contribution in [2.75, 3.05) is 5.43 Å². The lowest BCUT2D eigenvalue weighted by molar-refractivity contribution is -0.402. The van der Waals surface area contributed by atoms with Crippen molar-refractivity contribution in [3.8, 4) is 0 Å². The number of hydrazine groups is 1. The number of aryl methyl sites for hydroxylation is 3. The second-order valence-corrected chi connectivity index (χ2v) is 6.52. The highest BCUT2D eigenvalue weighted by Gasteiger charge is 2.20. The van der Waals surface area contributed by atoms with Crippen LogP contribution in [0, 0.1) is 20.8 Å². The van der Waals surface area contributed by atoms with Crippen molar-refractivity contribution < 1.29 is 9.48 Å². The number of hydrogen-bond acceptors (Lipinski definition) is 2. The molecule has 130 valence electrons. The van der Waals surface area contributed by atoms with Crippen LogP contribution in [0.4, 0.5) is 11.4 Å². The fourth-order valence-electron chi connectivity index (χ4n) is 2.69. The molecule has 0 spiro atoms. The van der Waals surface area contributed by atoms with E-state index in [0.717, 1.165) is 28.8 Å². The number of rotatable bonds is 5. The third kappa shape index (κ3) is 4.06. The summed E-state index contributed by atoms with van der Waals surface area (Å²) in [6.07, 6.45) is 0.895. The first-order valence-electron chi connectivity index (χ1n) is 8.66. The highest BCUT2D eigenvalue weighted by Crippen LogP contribution is 2.18. The van der Waals surface area contributed by atoms with E-state index in [4.69, 9.17) is 0 Å². The second-order valence-electron chi connectivity index (χ2n) is 6.52. The number of carbonyl (C=O) groups excluding carboxylic acids is 1. The SMILES string of the molecule is Cc1ccc(N[N+](=C(C=O)c2ccc(C)cc2)c2ccc(C)cc2)cc1. The summed E-state index contributed by atoms with van der Waals surface area (Å²) in [7, 11) is 0. The lowest BCUT2D eigenvalue weighted by Gasteiger charge is -2.09. The molecule has 1 N–H and O–H groups in total. The third-order valence-electron chi connectivity index (χ3n) is 4.28. The summed E-state index contributed by atoms with van der Waals surface area (Å²) in [6.45, 7) is 6.13. The molecule has 0 aliphatic heterocycles. The molecule has 0 aliphatic rings. The molecule has 0 radical (unpaired) electrons. The molecule has 3 rings (SSSR count). The van der Waals surface area contributed by atoms with E-state index in [0.29, 0.717) is 5.71 Å². The maximum absolute atomic E-state index is 12.0. The number of anilines is 1. The van der Waals surface area contributed by atoms with Crippen molar-refractivity contribution >= 4 is 23.4 Å². The van der Waals surface area contributed by atoms with E-state index in [1.807, 2.05) is 91.3 Å². The number of carbonyl (C=O) groups is 1. The molecule has 3 heteroatoms. The molecular weight excluding hydrogens is 320 g/mol. The summed E-state index contributed by atoms with van der Waals surface area (Å²) in [5.74, 6) is 0. The molecule has 26 heavy (non-hydrogen) atoms. The van der Waals surface area contributed by atoms with E-state index in [9.17, 15) is 4.79 Å². The number of aldehydes is 1. The first kappa shape index (κ1) is 17.6. The van der Waals surface area contributed by atoms with Crippen molar-refractivity contribution in [1.82, 2.24) is 0 Å². The van der Waals surface area contributed by atoms with Crippen molar-refractivity contribution in [2.24, 2.45) is 0 Å². The molecule has 0 saturated carbocycles. The molecule has 0 saturated heterocycles. The van der Waals surface area contributed by atoms with Gasteiger partial charge in [-0.05, 0) is 45.0 Å². The first-order valence-corrected chi connectivity index (χ1v) is 8.66. The van der Waals surface area contributed by atoms with Gasteiger partial charge in [0.2, 0.25) is 12.0 Å². The fraction of sp³-hybridized carbons (Fsp3) is 0.130. The van der Waals surface area contributed by atoms with Crippen LogP contribution in [-0.4, -0.2) is 16.7 Å². The van der Waals surface area contributed by atoms with Gasteiger partial charge in [0.15, 0.2) is 0 Å². The smallest absolute Gasteiger partial charge is 0.282 e. The minimum Gasteiger partial charge on any atom is -0.291 e. The number of nitrogens with zero attached hydrogens (tertiary/aromatic N) is 1. The van der Waals surface area contributed by atoms with Gasteiger partial charge < -0.3 is 0 Å². The molecular formula is C23H23N2O+. The fourth-order valence-corrected chi connectivity index (χ4v) is 2.69. The Balaban J connectivity index is 2.13. The molecule has 0 bridgehead atoms. The number of nitrogens with one attached hydrogen (secondary N) is 1. The summed E-state index contributed by atoms with van der Waals surface area (Å²) < 4.78 is 1.84. The zero-order chi connectivity index (χ0) is 18.5. The molecule has 3 nitrogen and oxygen atoms in total. The van der Waals surface area contributed by atoms with Gasteiger partial charge in [-0.25, -0.2) is 0 Å². The quantitative estimate of drug-likeness (QED) is 0.307. The Hall–Kier alpha value is -3.20. The van der Waals surface area contributed by atoms with Crippen LogP contribution in [0.15, 0.2) is 72.8 Å². The van der Waals surface area contributed by atoms with E-state index in [2.05, 4.69) is 12.3 Å². The Kier molecular flexibility index (Phi) is 5.28. The molecule has 3 aromatic rings. The summed E-state index contributed by atoms with van der Waals surface area (Å²) in [4.78, 5) is 12.0. The highest BCUT2D eigenvalue weighted by atomic mass is 16.1. The summed E-state index contributed by atoms with van der Waals surface area (Å²) in [5.41, 5.74) is 10.1. The van der Waals surface area contributed by atoms with Crippen LogP contribution in [0.25, 0.3) is 0 Å². The summed E-state index contributed by atoms with van der Waals surface area (Å²) in [6, 6.07) is 24.2. The van der Waals surface area contributed by atoms with Crippen molar-refractivity contribution in [2.45, 2.75) is 20.8 Å². The first-order chi connectivity index (χ1) is 12.6. The van der Waals surface area contributed by atoms with Gasteiger partial charge in [0.05, 0.1) is 11.3 Å². The zero-order valence-corrected chi connectivity index (χ0v) is 15.4. The standard InChI is InChI=1S/C23H22N2O/c1-17-4-10-20(11-5-17)23(16-26)25(22-14-8-19(3)9-15-22)24-21-12-6-18(2)7-13-21/h4-16H,1-3H3/p+1. The molecule has 0 aliphatic carbocycles. The molecule has 0 heterocycles. The van der Waals surface area contributed by atoms with Crippen LogP contribution in [0.3, 0.4) is 0 Å². The van der Waals surface area contributed by atoms with E-state index in [-0.39, 0.29) is 0 Å². The van der Waals surface area contributed by atoms with Crippen LogP contribution < -0.4 is 5.43 Å². The van der Waals surface area contributed by atoms with E-state index >= 15 is 0 Å². The Morgan fingerprint density at radius 2 is 1.19 bits per heavy atom. The molecule has 0 unspecified atom stereocenters. The van der Waals surface area contributed by atoms with E-state index < -0.39 is 0 Å².